The molecule has 0 bridgehead atoms. The summed E-state index contributed by atoms with van der Waals surface area (Å²) in [5.41, 5.74) is -0.378. The van der Waals surface area contributed by atoms with Crippen LogP contribution >= 0.6 is 0 Å². The van der Waals surface area contributed by atoms with E-state index in [1.807, 2.05) is 60.7 Å². The molecule has 1 N–H and O–H groups in total. The standard InChI is InChI=1S/C38H51NO5Si/c1-8-43-36(41)28-38(5,42)34(31(27-35(40)39(6)7)22-18-21-30-19-12-9-13-20-30)29-44-45(37(2,3)4,32-23-14-10-15-24-32)33-25-16-11-17-26-33/h9-20,22-26,31,34,42H,8,21,27-29H2,1-7H3/b22-18+/t31-,34-,38?/m0/s1. The van der Waals surface area contributed by atoms with Crippen molar-refractivity contribution in [2.45, 2.75) is 64.5 Å². The van der Waals surface area contributed by atoms with Gasteiger partial charge in [0.1, 0.15) is 0 Å². The van der Waals surface area contributed by atoms with Gasteiger partial charge in [0.15, 0.2) is 0 Å². The molecule has 0 heterocycles. The topological polar surface area (TPSA) is 76.1 Å². The third-order valence-electron chi connectivity index (χ3n) is 8.51. The summed E-state index contributed by atoms with van der Waals surface area (Å²) in [6.45, 7) is 10.4. The third-order valence-corrected chi connectivity index (χ3v) is 13.5. The molecule has 0 spiro atoms. The molecule has 0 fully saturated rings. The van der Waals surface area contributed by atoms with Crippen LogP contribution < -0.4 is 10.4 Å². The van der Waals surface area contributed by atoms with Gasteiger partial charge in [-0.25, -0.2) is 0 Å². The lowest BCUT2D eigenvalue weighted by molar-refractivity contribution is -0.152. The van der Waals surface area contributed by atoms with E-state index < -0.39 is 31.7 Å². The molecule has 1 amide bonds. The number of benzene rings is 3. The second-order valence-corrected chi connectivity index (χ2v) is 17.5. The highest BCUT2D eigenvalue weighted by Crippen LogP contribution is 2.39. The number of ether oxygens (including phenoxy) is 1. The van der Waals surface area contributed by atoms with E-state index in [1.54, 1.807) is 32.8 Å². The van der Waals surface area contributed by atoms with E-state index in [2.05, 4.69) is 63.2 Å². The third kappa shape index (κ3) is 9.49. The van der Waals surface area contributed by atoms with E-state index >= 15 is 0 Å². The Balaban J connectivity index is 2.14. The second-order valence-electron chi connectivity index (χ2n) is 13.2. The van der Waals surface area contributed by atoms with Crippen LogP contribution in [0.1, 0.15) is 53.0 Å². The van der Waals surface area contributed by atoms with E-state index in [4.69, 9.17) is 9.16 Å². The molecule has 45 heavy (non-hydrogen) atoms. The predicted octanol–water partition coefficient (Wildman–Crippen LogP) is 5.78. The molecule has 3 rings (SSSR count). The van der Waals surface area contributed by atoms with Crippen LogP contribution in [-0.4, -0.2) is 63.1 Å². The van der Waals surface area contributed by atoms with Crippen LogP contribution in [0.15, 0.2) is 103 Å². The zero-order valence-electron chi connectivity index (χ0n) is 28.0. The molecule has 7 heteroatoms. The Bertz CT molecular complexity index is 1330. The van der Waals surface area contributed by atoms with Crippen LogP contribution in [-0.2, 0) is 25.2 Å². The summed E-state index contributed by atoms with van der Waals surface area (Å²) >= 11 is 0. The zero-order valence-corrected chi connectivity index (χ0v) is 29.0. The van der Waals surface area contributed by atoms with Gasteiger partial charge in [-0.15, -0.1) is 0 Å². The summed E-state index contributed by atoms with van der Waals surface area (Å²) in [6.07, 6.45) is 4.70. The van der Waals surface area contributed by atoms with E-state index in [0.29, 0.717) is 6.42 Å². The molecule has 3 aromatic rings. The molecule has 0 saturated carbocycles. The first-order chi connectivity index (χ1) is 21.3. The van der Waals surface area contributed by atoms with Crippen molar-refractivity contribution in [3.63, 3.8) is 0 Å². The summed E-state index contributed by atoms with van der Waals surface area (Å²) in [5.74, 6) is -1.55. The molecular formula is C38H51NO5Si. The molecule has 0 aromatic heterocycles. The fourth-order valence-corrected chi connectivity index (χ4v) is 10.7. The predicted molar refractivity (Wildman–Crippen MR) is 185 cm³/mol. The lowest BCUT2D eigenvalue weighted by Gasteiger charge is -2.46. The maximum absolute atomic E-state index is 13.2. The first-order valence-corrected chi connectivity index (χ1v) is 17.8. The first-order valence-electron chi connectivity index (χ1n) is 15.9. The molecule has 6 nitrogen and oxygen atoms in total. The van der Waals surface area contributed by atoms with Crippen molar-refractivity contribution >= 4 is 30.6 Å². The van der Waals surface area contributed by atoms with Crippen molar-refractivity contribution in [3.05, 3.63) is 109 Å². The number of rotatable bonds is 15. The van der Waals surface area contributed by atoms with Crippen molar-refractivity contribution in [2.24, 2.45) is 11.8 Å². The maximum atomic E-state index is 13.2. The summed E-state index contributed by atoms with van der Waals surface area (Å²) in [7, 11) is 0.483. The molecule has 1 unspecified atom stereocenters. The normalized spacial score (nSPS) is 14.8. The van der Waals surface area contributed by atoms with Crippen molar-refractivity contribution in [3.8, 4) is 0 Å². The van der Waals surface area contributed by atoms with Gasteiger partial charge in [-0.3, -0.25) is 9.59 Å². The summed E-state index contributed by atoms with van der Waals surface area (Å²) in [4.78, 5) is 27.6. The number of carbonyl (C=O) groups excluding carboxylic acids is 2. The lowest BCUT2D eigenvalue weighted by atomic mass is 9.76. The summed E-state index contributed by atoms with van der Waals surface area (Å²) in [6, 6.07) is 30.8. The van der Waals surface area contributed by atoms with Crippen molar-refractivity contribution in [2.75, 3.05) is 27.3 Å². The van der Waals surface area contributed by atoms with Gasteiger partial charge >= 0.3 is 5.97 Å². The number of carbonyl (C=O) groups is 2. The fraction of sp³-hybridized carbons (Fsp3) is 0.421. The summed E-state index contributed by atoms with van der Waals surface area (Å²) in [5, 5.41) is 14.1. The summed E-state index contributed by atoms with van der Waals surface area (Å²) < 4.78 is 12.6. The monoisotopic (exact) mass is 629 g/mol. The number of hydrogen-bond acceptors (Lipinski definition) is 5. The molecule has 0 aliphatic heterocycles. The van der Waals surface area contributed by atoms with Crippen LogP contribution in [0.3, 0.4) is 0 Å². The largest absolute Gasteiger partial charge is 0.466 e. The molecule has 0 aliphatic rings. The molecule has 3 aromatic carbocycles. The molecular weight excluding hydrogens is 579 g/mol. The van der Waals surface area contributed by atoms with Gasteiger partial charge in [-0.1, -0.05) is 124 Å². The van der Waals surface area contributed by atoms with Crippen molar-refractivity contribution in [1.82, 2.24) is 4.90 Å². The number of aliphatic hydroxyl groups is 1. The van der Waals surface area contributed by atoms with Crippen LogP contribution in [0.4, 0.5) is 0 Å². The van der Waals surface area contributed by atoms with Gasteiger partial charge in [-0.05, 0) is 47.2 Å². The average Bonchev–Trinajstić information content (AvgIpc) is 2.99. The Morgan fingerprint density at radius 2 is 1.38 bits per heavy atom. The van der Waals surface area contributed by atoms with E-state index in [9.17, 15) is 14.7 Å². The van der Waals surface area contributed by atoms with Gasteiger partial charge in [0.25, 0.3) is 8.32 Å². The Kier molecular flexibility index (Phi) is 12.9. The van der Waals surface area contributed by atoms with Crippen LogP contribution in [0, 0.1) is 11.8 Å². The second kappa shape index (κ2) is 16.2. The number of esters is 1. The van der Waals surface area contributed by atoms with E-state index in [1.165, 1.54) is 0 Å². The van der Waals surface area contributed by atoms with Crippen LogP contribution in [0.25, 0.3) is 0 Å². The van der Waals surface area contributed by atoms with E-state index in [-0.39, 0.29) is 37.0 Å². The van der Waals surface area contributed by atoms with Crippen LogP contribution in [0.5, 0.6) is 0 Å². The van der Waals surface area contributed by atoms with Crippen LogP contribution in [0.2, 0.25) is 5.04 Å². The fourth-order valence-electron chi connectivity index (χ4n) is 6.10. The number of nitrogens with zero attached hydrogens (tertiary/aromatic N) is 1. The Morgan fingerprint density at radius 1 is 0.867 bits per heavy atom. The molecule has 242 valence electrons. The first kappa shape index (κ1) is 36.0. The molecule has 0 saturated heterocycles. The lowest BCUT2D eigenvalue weighted by Crippen LogP contribution is -2.67. The van der Waals surface area contributed by atoms with Gasteiger partial charge in [0.2, 0.25) is 5.91 Å². The Hall–Kier alpha value is -3.52. The van der Waals surface area contributed by atoms with Crippen molar-refractivity contribution in [1.29, 1.82) is 0 Å². The van der Waals surface area contributed by atoms with Gasteiger partial charge in [-0.2, -0.15) is 0 Å². The van der Waals surface area contributed by atoms with Gasteiger partial charge in [0.05, 0.1) is 18.6 Å². The molecule has 0 aliphatic carbocycles. The highest BCUT2D eigenvalue weighted by molar-refractivity contribution is 6.99. The minimum absolute atomic E-state index is 0.0632. The zero-order chi connectivity index (χ0) is 33.1. The highest BCUT2D eigenvalue weighted by atomic mass is 28.4. The Morgan fingerprint density at radius 3 is 1.84 bits per heavy atom. The molecule has 0 radical (unpaired) electrons. The van der Waals surface area contributed by atoms with Crippen molar-refractivity contribution < 1.29 is 23.9 Å². The minimum Gasteiger partial charge on any atom is -0.466 e. The van der Waals surface area contributed by atoms with Gasteiger partial charge < -0.3 is 19.2 Å². The minimum atomic E-state index is -2.98. The SMILES string of the molecule is CCOC(=O)CC(C)(O)[C@@H](CO[Si](c1ccccc1)(c1ccccc1)C(C)(C)C)[C@@H](/C=C/Cc1ccccc1)CC(=O)N(C)C. The number of amides is 1. The maximum Gasteiger partial charge on any atom is 0.308 e. The number of hydrogen-bond donors (Lipinski definition) is 1. The van der Waals surface area contributed by atoms with E-state index in [0.717, 1.165) is 15.9 Å². The number of allylic oxidation sites excluding steroid dienone is 2. The average molecular weight is 630 g/mol. The van der Waals surface area contributed by atoms with Gasteiger partial charge in [0, 0.05) is 33.0 Å². The highest BCUT2D eigenvalue weighted by Gasteiger charge is 2.51. The smallest absolute Gasteiger partial charge is 0.308 e. The quantitative estimate of drug-likeness (QED) is 0.131. The Labute approximate surface area is 271 Å². The molecule has 3 atom stereocenters.